The molecule has 0 saturated heterocycles. The van der Waals surface area contributed by atoms with Crippen molar-refractivity contribution in [3.8, 4) is 67.0 Å². The molecule has 2 aromatic heterocycles. The van der Waals surface area contributed by atoms with Gasteiger partial charge in [-0.15, -0.1) is 0 Å². The lowest BCUT2D eigenvalue weighted by Gasteiger charge is -2.40. The second kappa shape index (κ2) is 13.0. The fourth-order valence-corrected chi connectivity index (χ4v) is 15.8. The van der Waals surface area contributed by atoms with Gasteiger partial charge in [0.25, 0.3) is 0 Å². The zero-order valence-electron chi connectivity index (χ0n) is 37.7. The quantitative estimate of drug-likeness (QED) is 0.164. The van der Waals surface area contributed by atoms with Crippen molar-refractivity contribution in [3.05, 3.63) is 298 Å². The molecule has 0 radical (unpaired) electrons. The Balaban J connectivity index is 0.931. The van der Waals surface area contributed by atoms with Crippen LogP contribution in [0.1, 0.15) is 66.8 Å². The molecule has 3 heteroatoms. The van der Waals surface area contributed by atoms with Gasteiger partial charge in [-0.1, -0.05) is 194 Å². The molecule has 0 amide bonds. The summed E-state index contributed by atoms with van der Waals surface area (Å²) in [6.45, 7) is 0. The highest BCUT2D eigenvalue weighted by Gasteiger charge is 2.56. The molecule has 9 aromatic carbocycles. The highest BCUT2D eigenvalue weighted by atomic mass is 32.2. The summed E-state index contributed by atoms with van der Waals surface area (Å²) in [4.78, 5) is 13.3. The molecule has 3 spiro atoms. The van der Waals surface area contributed by atoms with Crippen molar-refractivity contribution in [3.63, 3.8) is 0 Å². The first-order valence-electron chi connectivity index (χ1n) is 24.4. The first-order valence-corrected chi connectivity index (χ1v) is 25.2. The molecule has 0 N–H and O–H groups in total. The van der Waals surface area contributed by atoms with E-state index in [4.69, 9.17) is 9.97 Å². The molecule has 1 aliphatic heterocycles. The van der Waals surface area contributed by atoms with Gasteiger partial charge >= 0.3 is 0 Å². The Morgan fingerprint density at radius 1 is 0.257 bits per heavy atom. The van der Waals surface area contributed by atoms with Gasteiger partial charge < -0.3 is 0 Å². The summed E-state index contributed by atoms with van der Waals surface area (Å²) < 4.78 is 0. The van der Waals surface area contributed by atoms with E-state index in [-0.39, 0.29) is 0 Å². The van der Waals surface area contributed by atoms with Crippen molar-refractivity contribution in [2.75, 3.05) is 0 Å². The lowest BCUT2D eigenvalue weighted by atomic mass is 9.66. The lowest BCUT2D eigenvalue weighted by Crippen LogP contribution is -2.33. The fraction of sp³-hybridized carbons (Fsp3) is 0.0448. The molecule has 70 heavy (non-hydrogen) atoms. The Hall–Kier alpha value is -8.37. The van der Waals surface area contributed by atoms with Crippen LogP contribution in [0.3, 0.4) is 0 Å². The molecular weight excluding hydrogens is 865 g/mol. The minimum Gasteiger partial charge on any atom is -0.254 e. The molecule has 11 aromatic rings. The Kier molecular flexibility index (Phi) is 7.00. The van der Waals surface area contributed by atoms with Crippen LogP contribution in [0.15, 0.2) is 241 Å². The maximum absolute atomic E-state index is 5.51. The van der Waals surface area contributed by atoms with Crippen LogP contribution in [-0.2, 0) is 16.2 Å². The summed E-state index contributed by atoms with van der Waals surface area (Å²) in [7, 11) is 0. The normalized spacial score (nSPS) is 17.1. The molecule has 6 aliphatic rings. The number of benzene rings is 9. The molecule has 0 fully saturated rings. The van der Waals surface area contributed by atoms with Crippen LogP contribution in [0.2, 0.25) is 0 Å². The van der Waals surface area contributed by atoms with Gasteiger partial charge in [-0.2, -0.15) is 0 Å². The lowest BCUT2D eigenvalue weighted by molar-refractivity contribution is 0.715. The van der Waals surface area contributed by atoms with Gasteiger partial charge in [-0.3, -0.25) is 9.97 Å². The Morgan fingerprint density at radius 3 is 1.23 bits per heavy atom. The highest BCUT2D eigenvalue weighted by Crippen LogP contribution is 2.68. The first-order chi connectivity index (χ1) is 34.7. The summed E-state index contributed by atoms with van der Waals surface area (Å²) in [5.41, 5.74) is 28.8. The Labute approximate surface area is 410 Å². The van der Waals surface area contributed by atoms with Crippen molar-refractivity contribution >= 4 is 11.8 Å². The van der Waals surface area contributed by atoms with Crippen molar-refractivity contribution in [1.29, 1.82) is 0 Å². The first kappa shape index (κ1) is 37.6. The average molecular weight is 903 g/mol. The molecule has 17 rings (SSSR count). The van der Waals surface area contributed by atoms with E-state index in [1.807, 2.05) is 18.0 Å². The van der Waals surface area contributed by atoms with Crippen molar-refractivity contribution < 1.29 is 0 Å². The van der Waals surface area contributed by atoms with Crippen LogP contribution in [-0.4, -0.2) is 9.97 Å². The molecule has 2 nitrogen and oxygen atoms in total. The second-order valence-corrected chi connectivity index (χ2v) is 20.9. The molecule has 0 bridgehead atoms. The van der Waals surface area contributed by atoms with Gasteiger partial charge in [0.2, 0.25) is 0 Å². The second-order valence-electron chi connectivity index (χ2n) is 19.8. The summed E-state index contributed by atoms with van der Waals surface area (Å²) in [5, 5.41) is 0. The van der Waals surface area contributed by atoms with Crippen molar-refractivity contribution in [2.24, 2.45) is 0 Å². The standard InChI is InChI=1S/C67H38N2S/c1-7-22-49-41(16-1)42-17-2-8-23-50(42)65(49)53-26-11-5-20-45(53)47-32-31-39(34-57(47)65)40-35-60-64(69-38-40)63-56(29-15-33-68-63)67(60)55-28-13-14-30-61(55)70-62-37-58-48(36-59(62)67)46-21-6-12-27-54(46)66(58)51-24-9-3-18-43(51)44-19-4-10-25-52(44)66/h1-38H. The molecule has 0 saturated carbocycles. The predicted octanol–water partition coefficient (Wildman–Crippen LogP) is 15.7. The minimum atomic E-state index is -0.679. The van der Waals surface area contributed by atoms with Crippen LogP contribution >= 0.6 is 11.8 Å². The third kappa shape index (κ3) is 4.17. The molecule has 3 heterocycles. The van der Waals surface area contributed by atoms with Crippen molar-refractivity contribution in [1.82, 2.24) is 9.97 Å². The van der Waals surface area contributed by atoms with E-state index in [1.165, 1.54) is 121 Å². The van der Waals surface area contributed by atoms with E-state index in [0.29, 0.717) is 0 Å². The van der Waals surface area contributed by atoms with E-state index in [0.717, 1.165) is 22.5 Å². The van der Waals surface area contributed by atoms with Gasteiger partial charge in [-0.05, 0) is 148 Å². The molecule has 1 atom stereocenters. The highest BCUT2D eigenvalue weighted by molar-refractivity contribution is 7.99. The number of hydrogen-bond donors (Lipinski definition) is 0. The average Bonchev–Trinajstić information content (AvgIpc) is 4.17. The smallest absolute Gasteiger partial charge is 0.0937 e. The number of fused-ring (bicyclic) bond motifs is 29. The van der Waals surface area contributed by atoms with E-state index in [2.05, 4.69) is 225 Å². The summed E-state index contributed by atoms with van der Waals surface area (Å²) in [5.74, 6) is 0. The summed E-state index contributed by atoms with van der Waals surface area (Å²) in [6.07, 6.45) is 4.04. The topological polar surface area (TPSA) is 25.8 Å². The maximum atomic E-state index is 5.51. The zero-order chi connectivity index (χ0) is 45.5. The maximum Gasteiger partial charge on any atom is 0.0937 e. The Bertz CT molecular complexity index is 4090. The summed E-state index contributed by atoms with van der Waals surface area (Å²) in [6, 6.07) is 82.9. The number of aromatic nitrogens is 2. The molecular formula is C67H38N2S. The fourth-order valence-electron chi connectivity index (χ4n) is 14.6. The van der Waals surface area contributed by atoms with Crippen LogP contribution in [0, 0.1) is 0 Å². The van der Waals surface area contributed by atoms with Crippen molar-refractivity contribution in [2.45, 2.75) is 26.0 Å². The third-order valence-electron chi connectivity index (χ3n) is 17.1. The van der Waals surface area contributed by atoms with Crippen LogP contribution in [0.4, 0.5) is 0 Å². The number of nitrogens with zero attached hydrogens (tertiary/aromatic N) is 2. The zero-order valence-corrected chi connectivity index (χ0v) is 38.6. The van der Waals surface area contributed by atoms with Gasteiger partial charge in [0.15, 0.2) is 0 Å². The minimum absolute atomic E-state index is 0.437. The van der Waals surface area contributed by atoms with Gasteiger partial charge in [0.05, 0.1) is 27.6 Å². The van der Waals surface area contributed by atoms with E-state index in [1.54, 1.807) is 0 Å². The predicted molar refractivity (Wildman–Crippen MR) is 281 cm³/mol. The molecule has 322 valence electrons. The van der Waals surface area contributed by atoms with Crippen LogP contribution < -0.4 is 0 Å². The largest absolute Gasteiger partial charge is 0.254 e. The van der Waals surface area contributed by atoms with Crippen LogP contribution in [0.5, 0.6) is 0 Å². The van der Waals surface area contributed by atoms with E-state index in [9.17, 15) is 0 Å². The SMILES string of the molecule is c1ccc2c(c1)Sc1cc3c(cc1C21c2cccnc2-c2ncc(-c4ccc5c(c4)C4(c6ccccc6-c6ccccc64)c4ccccc4-5)cc21)-c1ccccc1C31c2ccccc2-c2ccccc21. The molecule has 5 aliphatic carbocycles. The van der Waals surface area contributed by atoms with E-state index < -0.39 is 16.2 Å². The van der Waals surface area contributed by atoms with Gasteiger partial charge in [0.1, 0.15) is 0 Å². The Morgan fingerprint density at radius 2 is 0.671 bits per heavy atom. The number of pyridine rings is 2. The van der Waals surface area contributed by atoms with Crippen LogP contribution in [0.25, 0.3) is 67.0 Å². The monoisotopic (exact) mass is 902 g/mol. The molecule has 1 unspecified atom stereocenters. The van der Waals surface area contributed by atoms with E-state index >= 15 is 0 Å². The van der Waals surface area contributed by atoms with Gasteiger partial charge in [0, 0.05) is 33.3 Å². The number of rotatable bonds is 1. The summed E-state index contributed by atoms with van der Waals surface area (Å²) >= 11 is 1.91. The van der Waals surface area contributed by atoms with Gasteiger partial charge in [-0.25, -0.2) is 0 Å². The third-order valence-corrected chi connectivity index (χ3v) is 18.2. The number of hydrogen-bond acceptors (Lipinski definition) is 3.